The monoisotopic (exact) mass is 650 g/mol. The van der Waals surface area contributed by atoms with Crippen molar-refractivity contribution >= 4 is 24.2 Å². The molecule has 7 nitrogen and oxygen atoms in total. The van der Waals surface area contributed by atoms with Crippen LogP contribution in [-0.2, 0) is 19.4 Å². The molecule has 2 amide bonds. The molecule has 4 rings (SSSR count). The van der Waals surface area contributed by atoms with Crippen molar-refractivity contribution in [2.24, 2.45) is 0 Å². The van der Waals surface area contributed by atoms with E-state index in [0.717, 1.165) is 23.6 Å². The normalized spacial score (nSPS) is 12.1. The molecule has 0 saturated carbocycles. The van der Waals surface area contributed by atoms with Gasteiger partial charge < -0.3 is 20.6 Å². The summed E-state index contributed by atoms with van der Waals surface area (Å²) < 4.78 is 28.1. The first-order valence-corrected chi connectivity index (χ1v) is 15.3. The molecule has 0 aliphatic rings. The quantitative estimate of drug-likeness (QED) is 0.156. The molecule has 0 aliphatic carbocycles. The number of aromatic nitrogens is 1. The van der Waals surface area contributed by atoms with Gasteiger partial charge in [-0.15, -0.1) is 12.4 Å². The van der Waals surface area contributed by atoms with Crippen LogP contribution < -0.4 is 10.6 Å². The van der Waals surface area contributed by atoms with Crippen molar-refractivity contribution in [1.82, 2.24) is 20.5 Å². The zero-order valence-corrected chi connectivity index (χ0v) is 27.1. The number of hydrogen-bond acceptors (Lipinski definition) is 5. The van der Waals surface area contributed by atoms with Gasteiger partial charge in [-0.3, -0.25) is 14.6 Å². The fraction of sp³-hybridized carbons (Fsp3) is 0.306. The molecule has 0 unspecified atom stereocenters. The van der Waals surface area contributed by atoms with E-state index in [2.05, 4.69) is 28.6 Å². The van der Waals surface area contributed by atoms with Crippen LogP contribution in [-0.4, -0.2) is 58.6 Å². The number of aryl methyl sites for hydroxylation is 1. The Morgan fingerprint density at radius 1 is 0.848 bits per heavy atom. The van der Waals surface area contributed by atoms with Gasteiger partial charge in [0, 0.05) is 61.3 Å². The lowest BCUT2D eigenvalue weighted by Gasteiger charge is -2.25. The lowest BCUT2D eigenvalue weighted by Crippen LogP contribution is -2.48. The third-order valence-electron chi connectivity index (χ3n) is 7.73. The molecular formula is C36H41ClF2N4O3. The number of halogens is 3. The Labute approximate surface area is 275 Å². The van der Waals surface area contributed by atoms with Crippen LogP contribution in [0.25, 0.3) is 11.1 Å². The van der Waals surface area contributed by atoms with Gasteiger partial charge in [-0.2, -0.15) is 0 Å². The molecule has 1 aromatic heterocycles. The predicted molar refractivity (Wildman–Crippen MR) is 179 cm³/mol. The van der Waals surface area contributed by atoms with Crippen LogP contribution in [0.15, 0.2) is 85.2 Å². The van der Waals surface area contributed by atoms with Gasteiger partial charge in [-0.05, 0) is 85.3 Å². The third-order valence-corrected chi connectivity index (χ3v) is 7.73. The van der Waals surface area contributed by atoms with Crippen molar-refractivity contribution in [1.29, 1.82) is 0 Å². The Morgan fingerprint density at radius 2 is 1.54 bits per heavy atom. The van der Waals surface area contributed by atoms with Crippen LogP contribution in [0.5, 0.6) is 0 Å². The molecule has 4 aromatic rings. The summed E-state index contributed by atoms with van der Waals surface area (Å²) in [4.78, 5) is 33.0. The van der Waals surface area contributed by atoms with E-state index in [1.165, 1.54) is 23.8 Å². The second-order valence-corrected chi connectivity index (χ2v) is 11.0. The number of hydrogen-bond donors (Lipinski definition) is 3. The Kier molecular flexibility index (Phi) is 13.8. The number of rotatable bonds is 14. The molecule has 46 heavy (non-hydrogen) atoms. The van der Waals surface area contributed by atoms with Crippen molar-refractivity contribution in [2.45, 2.75) is 52.3 Å². The van der Waals surface area contributed by atoms with E-state index in [4.69, 9.17) is 0 Å². The van der Waals surface area contributed by atoms with Crippen LogP contribution in [0.3, 0.4) is 0 Å². The summed E-state index contributed by atoms with van der Waals surface area (Å²) in [5.41, 5.74) is 4.43. The summed E-state index contributed by atoms with van der Waals surface area (Å²) in [5.74, 6) is -2.25. The summed E-state index contributed by atoms with van der Waals surface area (Å²) in [6, 6.07) is 18.9. The van der Waals surface area contributed by atoms with E-state index in [-0.39, 0.29) is 42.4 Å². The summed E-state index contributed by atoms with van der Waals surface area (Å²) in [6.07, 6.45) is 3.06. The highest BCUT2D eigenvalue weighted by molar-refractivity contribution is 6.01. The molecule has 3 N–H and O–H groups in total. The topological polar surface area (TPSA) is 94.6 Å². The number of benzene rings is 3. The van der Waals surface area contributed by atoms with Gasteiger partial charge >= 0.3 is 0 Å². The minimum absolute atomic E-state index is 0. The highest BCUT2D eigenvalue weighted by Crippen LogP contribution is 2.23. The maximum Gasteiger partial charge on any atom is 0.253 e. The molecule has 0 fully saturated rings. The highest BCUT2D eigenvalue weighted by atomic mass is 35.5. The number of nitrogens with zero attached hydrogens (tertiary/aromatic N) is 2. The van der Waals surface area contributed by atoms with E-state index in [1.807, 2.05) is 38.1 Å². The number of carbonyl (C=O) groups excluding carboxylic acids is 2. The second-order valence-electron chi connectivity index (χ2n) is 11.0. The molecule has 0 radical (unpaired) electrons. The van der Waals surface area contributed by atoms with E-state index < -0.39 is 29.7 Å². The molecule has 3 aromatic carbocycles. The van der Waals surface area contributed by atoms with E-state index in [1.54, 1.807) is 35.5 Å². The number of aliphatic hydroxyl groups is 1. The van der Waals surface area contributed by atoms with Gasteiger partial charge in [0.15, 0.2) is 0 Å². The number of carbonyl (C=O) groups is 2. The minimum Gasteiger partial charge on any atom is -0.390 e. The Balaban J connectivity index is 0.00000576. The van der Waals surface area contributed by atoms with Crippen LogP contribution in [0.4, 0.5) is 8.78 Å². The highest BCUT2D eigenvalue weighted by Gasteiger charge is 2.25. The predicted octanol–water partition coefficient (Wildman–Crippen LogP) is 5.98. The molecule has 2 atom stereocenters. The zero-order valence-electron chi connectivity index (χ0n) is 26.3. The average Bonchev–Trinajstić information content (AvgIpc) is 3.04. The summed E-state index contributed by atoms with van der Waals surface area (Å²) in [5, 5.41) is 17.4. The lowest BCUT2D eigenvalue weighted by molar-refractivity contribution is 0.0773. The number of nitrogens with one attached hydrogen (secondary N) is 2. The van der Waals surface area contributed by atoms with Gasteiger partial charge in [0.2, 0.25) is 0 Å². The van der Waals surface area contributed by atoms with Gasteiger partial charge in [0.1, 0.15) is 11.6 Å². The zero-order chi connectivity index (χ0) is 32.3. The summed E-state index contributed by atoms with van der Waals surface area (Å²) in [6.45, 7) is 7.45. The Morgan fingerprint density at radius 3 is 2.20 bits per heavy atom. The van der Waals surface area contributed by atoms with E-state index in [9.17, 15) is 23.5 Å². The van der Waals surface area contributed by atoms with Crippen molar-refractivity contribution in [3.8, 4) is 11.1 Å². The largest absolute Gasteiger partial charge is 0.390 e. The van der Waals surface area contributed by atoms with Crippen molar-refractivity contribution in [3.63, 3.8) is 0 Å². The van der Waals surface area contributed by atoms with Crippen molar-refractivity contribution in [3.05, 3.63) is 125 Å². The molecular weight excluding hydrogens is 610 g/mol. The van der Waals surface area contributed by atoms with Crippen LogP contribution >= 0.6 is 12.4 Å². The molecule has 244 valence electrons. The van der Waals surface area contributed by atoms with Gasteiger partial charge in [-0.25, -0.2) is 8.78 Å². The fourth-order valence-corrected chi connectivity index (χ4v) is 5.26. The lowest BCUT2D eigenvalue weighted by atomic mass is 9.97. The molecule has 0 bridgehead atoms. The van der Waals surface area contributed by atoms with Crippen molar-refractivity contribution in [2.75, 3.05) is 19.6 Å². The van der Waals surface area contributed by atoms with Crippen LogP contribution in [0.1, 0.15) is 58.2 Å². The van der Waals surface area contributed by atoms with Crippen LogP contribution in [0, 0.1) is 11.6 Å². The molecule has 0 saturated heterocycles. The van der Waals surface area contributed by atoms with Crippen molar-refractivity contribution < 1.29 is 23.5 Å². The maximum absolute atomic E-state index is 14.1. The maximum atomic E-state index is 14.1. The summed E-state index contributed by atoms with van der Waals surface area (Å²) in [7, 11) is 0. The minimum atomic E-state index is -1.10. The second kappa shape index (κ2) is 17.5. The molecule has 10 heteroatoms. The number of aliphatic hydroxyl groups excluding tert-OH is 1. The standard InChI is InChI=1S/C36H40F2N4O3.ClH/c1-4-24-9-7-10-25(13-24)21-40-23-34(43)33(16-26-14-31(37)20-32(38)15-26)41-35(44)29-17-28(27-11-8-12-39-22-27)18-30(19-29)36(45)42(5-2)6-3;/h7-15,17-20,22,33-34,40,43H,4-6,16,21,23H2,1-3H3,(H,41,44);1H/t33-,34+;/m0./s1. The smallest absolute Gasteiger partial charge is 0.253 e. The third kappa shape index (κ3) is 9.91. The molecule has 0 spiro atoms. The number of amides is 2. The summed E-state index contributed by atoms with van der Waals surface area (Å²) >= 11 is 0. The first kappa shape index (κ1) is 36.3. The first-order chi connectivity index (χ1) is 21.7. The SMILES string of the molecule is CCc1cccc(CNC[C@@H](O)[C@H](Cc2cc(F)cc(F)c2)NC(=O)c2cc(C(=O)N(CC)CC)cc(-c3cccnc3)c2)c1.Cl. The molecule has 1 heterocycles. The molecule has 0 aliphatic heterocycles. The van der Waals surface area contributed by atoms with Gasteiger partial charge in [0.25, 0.3) is 11.8 Å². The van der Waals surface area contributed by atoms with Gasteiger partial charge in [0.05, 0.1) is 12.1 Å². The first-order valence-electron chi connectivity index (χ1n) is 15.3. The van der Waals surface area contributed by atoms with E-state index >= 15 is 0 Å². The van der Waals surface area contributed by atoms with E-state index in [0.29, 0.717) is 30.8 Å². The van der Waals surface area contributed by atoms with Crippen LogP contribution in [0.2, 0.25) is 0 Å². The Hall–Kier alpha value is -4.18. The average molecular weight is 651 g/mol. The number of pyridine rings is 1. The fourth-order valence-electron chi connectivity index (χ4n) is 5.26. The van der Waals surface area contributed by atoms with Gasteiger partial charge in [-0.1, -0.05) is 37.3 Å². The Bertz CT molecular complexity index is 1580.